The Kier molecular flexibility index (Phi) is 11.7. The highest BCUT2D eigenvalue weighted by Crippen LogP contribution is 2.48. The van der Waals surface area contributed by atoms with Gasteiger partial charge in [-0.15, -0.1) is 10.1 Å². The third-order valence-electron chi connectivity index (χ3n) is 8.86. The number of hydrogen-bond donors (Lipinski definition) is 0. The minimum atomic E-state index is -0.867. The summed E-state index contributed by atoms with van der Waals surface area (Å²) in [6.07, 6.45) is 3.79. The summed E-state index contributed by atoms with van der Waals surface area (Å²) in [6.45, 7) is 5.97. The van der Waals surface area contributed by atoms with Gasteiger partial charge in [-0.1, -0.05) is 57.0 Å². The SMILES string of the molecule is CCCCN(CCCC)C(=O)CN1CC(c2ccc3c(c2)OCO3)[C@@H](C(=O)Oc2cccc(CO[N+](=O)[O-])c2)C1c1ccc(OC)cc1. The van der Waals surface area contributed by atoms with Gasteiger partial charge in [-0.05, 0) is 65.9 Å². The van der Waals surface area contributed by atoms with Gasteiger partial charge in [0.1, 0.15) is 18.1 Å². The molecule has 3 aromatic rings. The number of unbranched alkanes of at least 4 members (excludes halogenated alkanes) is 2. The predicted octanol–water partition coefficient (Wildman–Crippen LogP) is 5.92. The maximum absolute atomic E-state index is 14.4. The Morgan fingerprint density at radius 1 is 0.938 bits per heavy atom. The number of methoxy groups -OCH3 is 1. The third kappa shape index (κ3) is 8.35. The number of nitrogens with zero attached hydrogens (tertiary/aromatic N) is 3. The van der Waals surface area contributed by atoms with E-state index in [4.69, 9.17) is 18.9 Å². The largest absolute Gasteiger partial charge is 0.497 e. The van der Waals surface area contributed by atoms with E-state index in [1.54, 1.807) is 31.4 Å². The van der Waals surface area contributed by atoms with Crippen LogP contribution in [0, 0.1) is 16.0 Å². The smallest absolute Gasteiger partial charge is 0.316 e. The highest BCUT2D eigenvalue weighted by atomic mass is 16.9. The standard InChI is InChI=1S/C36H43N3O9/c1-4-6-17-37(18-7-5-2)33(40)22-38-21-30(27-13-16-31-32(20-27)46-24-45-31)34(35(38)26-11-14-28(44-3)15-12-26)36(41)48-29-10-8-9-25(19-29)23-47-39(42)43/h8-16,19-20,30,34-35H,4-7,17-18,21-24H2,1-3H3/t30?,34-,35?/m1/s1. The van der Waals surface area contributed by atoms with E-state index in [0.717, 1.165) is 36.8 Å². The average molecular weight is 662 g/mol. The number of carbonyl (C=O) groups excluding carboxylic acids is 2. The number of benzene rings is 3. The lowest BCUT2D eigenvalue weighted by molar-refractivity contribution is -0.763. The molecule has 0 saturated carbocycles. The van der Waals surface area contributed by atoms with Gasteiger partial charge in [0.25, 0.3) is 5.09 Å². The van der Waals surface area contributed by atoms with Gasteiger partial charge < -0.3 is 28.7 Å². The first kappa shape index (κ1) is 34.5. The molecule has 0 aliphatic carbocycles. The zero-order valence-corrected chi connectivity index (χ0v) is 27.7. The Labute approximate surface area is 280 Å². The molecule has 1 fully saturated rings. The molecule has 5 rings (SSSR count). The number of amides is 1. The van der Waals surface area contributed by atoms with Crippen LogP contribution in [0.4, 0.5) is 0 Å². The van der Waals surface area contributed by atoms with Gasteiger partial charge >= 0.3 is 5.97 Å². The summed E-state index contributed by atoms with van der Waals surface area (Å²) in [5, 5.41) is 9.89. The molecule has 0 N–H and O–H groups in total. The van der Waals surface area contributed by atoms with Crippen molar-refractivity contribution < 1.29 is 38.5 Å². The van der Waals surface area contributed by atoms with Crippen LogP contribution in [-0.4, -0.2) is 66.8 Å². The van der Waals surface area contributed by atoms with Crippen LogP contribution in [0.5, 0.6) is 23.0 Å². The summed E-state index contributed by atoms with van der Waals surface area (Å²) in [5.41, 5.74) is 2.18. The molecule has 1 saturated heterocycles. The van der Waals surface area contributed by atoms with Crippen LogP contribution < -0.4 is 18.9 Å². The van der Waals surface area contributed by atoms with Crippen molar-refractivity contribution in [3.05, 3.63) is 93.5 Å². The summed E-state index contributed by atoms with van der Waals surface area (Å²) >= 11 is 0. The van der Waals surface area contributed by atoms with E-state index in [0.29, 0.717) is 42.4 Å². The quantitative estimate of drug-likeness (QED) is 0.0789. The minimum Gasteiger partial charge on any atom is -0.497 e. The van der Waals surface area contributed by atoms with E-state index in [1.165, 1.54) is 0 Å². The van der Waals surface area contributed by atoms with Crippen LogP contribution >= 0.6 is 0 Å². The lowest BCUT2D eigenvalue weighted by Crippen LogP contribution is -2.42. The number of ether oxygens (including phenoxy) is 4. The average Bonchev–Trinajstić information content (AvgIpc) is 3.72. The first-order chi connectivity index (χ1) is 23.3. The molecule has 0 bridgehead atoms. The molecule has 1 amide bonds. The van der Waals surface area contributed by atoms with E-state index < -0.39 is 23.0 Å². The van der Waals surface area contributed by atoms with Gasteiger partial charge in [0, 0.05) is 31.6 Å². The number of likely N-dealkylation sites (tertiary alicyclic amines) is 1. The van der Waals surface area contributed by atoms with Gasteiger partial charge in [-0.3, -0.25) is 14.5 Å². The molecule has 12 heteroatoms. The first-order valence-electron chi connectivity index (χ1n) is 16.4. The van der Waals surface area contributed by atoms with E-state index in [1.807, 2.05) is 47.4 Å². The zero-order valence-electron chi connectivity index (χ0n) is 27.7. The summed E-state index contributed by atoms with van der Waals surface area (Å²) in [5.74, 6) is 0.566. The van der Waals surface area contributed by atoms with Gasteiger partial charge in [0.15, 0.2) is 11.5 Å². The fourth-order valence-electron chi connectivity index (χ4n) is 6.40. The first-order valence-corrected chi connectivity index (χ1v) is 16.4. The van der Waals surface area contributed by atoms with Crippen molar-refractivity contribution in [3.8, 4) is 23.0 Å². The van der Waals surface area contributed by atoms with Gasteiger partial charge in [-0.2, -0.15) is 0 Å². The molecule has 3 atom stereocenters. The van der Waals surface area contributed by atoms with Crippen molar-refractivity contribution in [1.82, 2.24) is 9.80 Å². The van der Waals surface area contributed by atoms with Crippen molar-refractivity contribution in [1.29, 1.82) is 0 Å². The molecule has 2 aliphatic heterocycles. The third-order valence-corrected chi connectivity index (χ3v) is 8.86. The Morgan fingerprint density at radius 2 is 1.65 bits per heavy atom. The minimum absolute atomic E-state index is 0.0207. The summed E-state index contributed by atoms with van der Waals surface area (Å²) in [6, 6.07) is 19.2. The van der Waals surface area contributed by atoms with Crippen LogP contribution in [-0.2, 0) is 21.0 Å². The van der Waals surface area contributed by atoms with Gasteiger partial charge in [0.05, 0.1) is 19.6 Å². The molecule has 0 aromatic heterocycles. The van der Waals surface area contributed by atoms with Crippen molar-refractivity contribution in [2.24, 2.45) is 5.92 Å². The predicted molar refractivity (Wildman–Crippen MR) is 176 cm³/mol. The second-order valence-corrected chi connectivity index (χ2v) is 12.0. The fourth-order valence-corrected chi connectivity index (χ4v) is 6.40. The Balaban J connectivity index is 1.52. The molecule has 2 aliphatic rings. The van der Waals surface area contributed by atoms with E-state index in [9.17, 15) is 19.7 Å². The number of carbonyl (C=O) groups is 2. The number of esters is 1. The maximum atomic E-state index is 14.4. The molecule has 0 radical (unpaired) electrons. The molecule has 2 unspecified atom stereocenters. The molecule has 48 heavy (non-hydrogen) atoms. The Hall–Kier alpha value is -4.84. The lowest BCUT2D eigenvalue weighted by atomic mass is 9.82. The van der Waals surface area contributed by atoms with Crippen LogP contribution in [0.1, 0.15) is 68.2 Å². The molecule has 2 heterocycles. The van der Waals surface area contributed by atoms with E-state index >= 15 is 0 Å². The normalized spacial score (nSPS) is 18.4. The van der Waals surface area contributed by atoms with Crippen LogP contribution in [0.15, 0.2) is 66.7 Å². The van der Waals surface area contributed by atoms with Crippen molar-refractivity contribution in [2.45, 2.75) is 58.1 Å². The van der Waals surface area contributed by atoms with E-state index in [-0.39, 0.29) is 37.5 Å². The van der Waals surface area contributed by atoms with Crippen molar-refractivity contribution in [3.63, 3.8) is 0 Å². The van der Waals surface area contributed by atoms with Crippen LogP contribution in [0.2, 0.25) is 0 Å². The maximum Gasteiger partial charge on any atom is 0.316 e. The second kappa shape index (κ2) is 16.3. The Morgan fingerprint density at radius 3 is 2.33 bits per heavy atom. The molecular weight excluding hydrogens is 618 g/mol. The van der Waals surface area contributed by atoms with Crippen LogP contribution in [0.25, 0.3) is 0 Å². The highest BCUT2D eigenvalue weighted by molar-refractivity contribution is 5.80. The van der Waals surface area contributed by atoms with Gasteiger partial charge in [-0.25, -0.2) is 0 Å². The lowest BCUT2D eigenvalue weighted by Gasteiger charge is -2.30. The fraction of sp³-hybridized carbons (Fsp3) is 0.444. The van der Waals surface area contributed by atoms with E-state index in [2.05, 4.69) is 23.6 Å². The highest BCUT2D eigenvalue weighted by Gasteiger charge is 2.49. The molecule has 0 spiro atoms. The molecule has 256 valence electrons. The Bertz CT molecular complexity index is 1560. The molecule has 3 aromatic carbocycles. The number of hydrogen-bond acceptors (Lipinski definition) is 10. The van der Waals surface area contributed by atoms with Gasteiger partial charge in [0.2, 0.25) is 12.7 Å². The van der Waals surface area contributed by atoms with Crippen molar-refractivity contribution >= 4 is 11.9 Å². The monoisotopic (exact) mass is 661 g/mol. The topological polar surface area (TPSA) is 130 Å². The zero-order chi connectivity index (χ0) is 34.0. The van der Waals surface area contributed by atoms with Crippen LogP contribution in [0.3, 0.4) is 0 Å². The number of fused-ring (bicyclic) bond motifs is 1. The van der Waals surface area contributed by atoms with Crippen molar-refractivity contribution in [2.75, 3.05) is 40.1 Å². The summed E-state index contributed by atoms with van der Waals surface area (Å²) in [4.78, 5) is 47.6. The molecule has 12 nitrogen and oxygen atoms in total. The summed E-state index contributed by atoms with van der Waals surface area (Å²) in [7, 11) is 1.59. The second-order valence-electron chi connectivity index (χ2n) is 12.0. The molecular formula is C36H43N3O9. The summed E-state index contributed by atoms with van der Waals surface area (Å²) < 4.78 is 22.7. The number of rotatable bonds is 16.